The molecule has 0 aliphatic heterocycles. The van der Waals surface area contributed by atoms with Gasteiger partial charge in [-0.05, 0) is 37.1 Å². The first-order chi connectivity index (χ1) is 11.5. The highest BCUT2D eigenvalue weighted by Crippen LogP contribution is 2.22. The van der Waals surface area contributed by atoms with Gasteiger partial charge in [0.1, 0.15) is 11.6 Å². The molecule has 6 heteroatoms. The van der Waals surface area contributed by atoms with E-state index in [4.69, 9.17) is 5.73 Å². The van der Waals surface area contributed by atoms with Crippen molar-refractivity contribution in [1.29, 1.82) is 5.26 Å². The van der Waals surface area contributed by atoms with Gasteiger partial charge in [0.15, 0.2) is 0 Å². The fourth-order valence-electron chi connectivity index (χ4n) is 2.85. The third-order valence-electron chi connectivity index (χ3n) is 4.35. The zero-order valence-electron chi connectivity index (χ0n) is 13.8. The molecule has 6 nitrogen and oxygen atoms in total. The summed E-state index contributed by atoms with van der Waals surface area (Å²) < 4.78 is 0. The van der Waals surface area contributed by atoms with Gasteiger partial charge in [-0.1, -0.05) is 19.3 Å². The van der Waals surface area contributed by atoms with Crippen LogP contribution in [0.3, 0.4) is 0 Å². The van der Waals surface area contributed by atoms with Crippen LogP contribution in [0.5, 0.6) is 0 Å². The molecule has 1 aromatic rings. The number of amides is 2. The van der Waals surface area contributed by atoms with Crippen molar-refractivity contribution >= 4 is 17.5 Å². The third-order valence-corrected chi connectivity index (χ3v) is 4.35. The van der Waals surface area contributed by atoms with Crippen LogP contribution < -0.4 is 11.1 Å². The molecule has 1 aliphatic rings. The Balaban J connectivity index is 2.03. The molecule has 1 aromatic carbocycles. The molecule has 3 N–H and O–H groups in total. The molecule has 2 amide bonds. The number of likely N-dealkylation sites (N-methyl/N-ethyl adjacent to an activating group) is 1. The van der Waals surface area contributed by atoms with Crippen LogP contribution in [0.1, 0.15) is 42.5 Å². The van der Waals surface area contributed by atoms with Crippen LogP contribution >= 0.6 is 0 Å². The predicted octanol–water partition coefficient (Wildman–Crippen LogP) is 2.40. The van der Waals surface area contributed by atoms with Crippen molar-refractivity contribution < 1.29 is 9.59 Å². The van der Waals surface area contributed by atoms with E-state index in [2.05, 4.69) is 5.32 Å². The predicted molar refractivity (Wildman–Crippen MR) is 91.9 cm³/mol. The van der Waals surface area contributed by atoms with Gasteiger partial charge in [0.05, 0.1) is 0 Å². The summed E-state index contributed by atoms with van der Waals surface area (Å²) in [5.74, 6) is -0.773. The molecule has 1 fully saturated rings. The summed E-state index contributed by atoms with van der Waals surface area (Å²) in [6.07, 6.45) is 6.84. The van der Waals surface area contributed by atoms with E-state index in [-0.39, 0.29) is 17.5 Å². The summed E-state index contributed by atoms with van der Waals surface area (Å²) in [4.78, 5) is 25.2. The summed E-state index contributed by atoms with van der Waals surface area (Å²) in [6.45, 7) is 0. The van der Waals surface area contributed by atoms with Crippen LogP contribution in [0, 0.1) is 11.3 Å². The van der Waals surface area contributed by atoms with Crippen LogP contribution in [0.25, 0.3) is 0 Å². The molecule has 2 rings (SSSR count). The fraction of sp³-hybridized carbons (Fsp3) is 0.389. The number of anilines is 1. The number of nitrogens with two attached hydrogens (primary N) is 1. The normalized spacial score (nSPS) is 15.4. The monoisotopic (exact) mass is 326 g/mol. The lowest BCUT2D eigenvalue weighted by atomic mass is 9.94. The van der Waals surface area contributed by atoms with E-state index in [1.807, 2.05) is 6.07 Å². The molecule has 0 bridgehead atoms. The minimum absolute atomic E-state index is 0.0575. The van der Waals surface area contributed by atoms with Gasteiger partial charge in [-0.3, -0.25) is 9.59 Å². The lowest BCUT2D eigenvalue weighted by molar-refractivity contribution is -0.128. The number of nitrogens with one attached hydrogen (secondary N) is 1. The minimum Gasteiger partial charge on any atom is -0.366 e. The Morgan fingerprint density at radius 2 is 1.88 bits per heavy atom. The number of nitriles is 1. The van der Waals surface area contributed by atoms with E-state index < -0.39 is 5.91 Å². The lowest BCUT2D eigenvalue weighted by Crippen LogP contribution is -2.39. The van der Waals surface area contributed by atoms with Gasteiger partial charge in [-0.25, -0.2) is 0 Å². The molecule has 0 unspecified atom stereocenters. The second kappa shape index (κ2) is 8.16. The number of hydrogen-bond donors (Lipinski definition) is 2. The first-order valence-corrected chi connectivity index (χ1v) is 8.06. The van der Waals surface area contributed by atoms with Crippen LogP contribution in [0.15, 0.2) is 36.0 Å². The topological polar surface area (TPSA) is 99.2 Å². The first-order valence-electron chi connectivity index (χ1n) is 8.06. The Bertz CT molecular complexity index is 667. The highest BCUT2D eigenvalue weighted by atomic mass is 16.2. The van der Waals surface area contributed by atoms with E-state index in [0.717, 1.165) is 25.7 Å². The maximum atomic E-state index is 12.5. The maximum Gasteiger partial charge on any atom is 0.266 e. The fourth-order valence-corrected chi connectivity index (χ4v) is 2.85. The van der Waals surface area contributed by atoms with Crippen molar-refractivity contribution in [3.05, 3.63) is 41.6 Å². The number of hydrogen-bond acceptors (Lipinski definition) is 4. The van der Waals surface area contributed by atoms with Crippen LogP contribution in [-0.4, -0.2) is 29.8 Å². The van der Waals surface area contributed by atoms with Gasteiger partial charge >= 0.3 is 0 Å². The molecule has 0 heterocycles. The highest BCUT2D eigenvalue weighted by Gasteiger charge is 2.24. The molecule has 0 aromatic heterocycles. The van der Waals surface area contributed by atoms with Gasteiger partial charge in [0.25, 0.3) is 5.91 Å². The Kier molecular flexibility index (Phi) is 5.96. The summed E-state index contributed by atoms with van der Waals surface area (Å²) in [7, 11) is 1.76. The molecule has 0 saturated heterocycles. The number of nitrogens with zero attached hydrogens (tertiary/aromatic N) is 2. The average molecular weight is 326 g/mol. The van der Waals surface area contributed by atoms with E-state index in [1.165, 1.54) is 12.6 Å². The standard InChI is InChI=1S/C18H22N4O2/c1-22(16-5-3-2-4-6-16)18(24)14(11-19)12-21-15-9-7-13(8-10-15)17(20)23/h7-10,12,16,21H,2-6H2,1H3,(H2,20,23)/b14-12-. The van der Waals surface area contributed by atoms with Crippen molar-refractivity contribution in [1.82, 2.24) is 4.90 Å². The van der Waals surface area contributed by atoms with Gasteiger partial charge in [-0.15, -0.1) is 0 Å². The Labute approximate surface area is 141 Å². The number of primary amides is 1. The van der Waals surface area contributed by atoms with Crippen molar-refractivity contribution in [3.63, 3.8) is 0 Å². The quantitative estimate of drug-likeness (QED) is 0.641. The highest BCUT2D eigenvalue weighted by molar-refractivity contribution is 5.97. The molecule has 1 aliphatic carbocycles. The Morgan fingerprint density at radius 3 is 2.42 bits per heavy atom. The molecular weight excluding hydrogens is 304 g/mol. The van der Waals surface area contributed by atoms with E-state index >= 15 is 0 Å². The summed E-state index contributed by atoms with van der Waals surface area (Å²) in [5.41, 5.74) is 6.31. The van der Waals surface area contributed by atoms with Crippen molar-refractivity contribution in [2.24, 2.45) is 5.73 Å². The Hall–Kier alpha value is -2.81. The summed E-state index contributed by atoms with van der Waals surface area (Å²) in [5, 5.41) is 12.2. The molecule has 0 atom stereocenters. The lowest BCUT2D eigenvalue weighted by Gasteiger charge is -2.31. The van der Waals surface area contributed by atoms with Gasteiger partial charge in [0, 0.05) is 30.5 Å². The molecule has 24 heavy (non-hydrogen) atoms. The smallest absolute Gasteiger partial charge is 0.266 e. The van der Waals surface area contributed by atoms with E-state index in [0.29, 0.717) is 11.3 Å². The molecular formula is C18H22N4O2. The van der Waals surface area contributed by atoms with E-state index in [9.17, 15) is 14.9 Å². The van der Waals surface area contributed by atoms with Crippen molar-refractivity contribution in [3.8, 4) is 6.07 Å². The van der Waals surface area contributed by atoms with Crippen molar-refractivity contribution in [2.75, 3.05) is 12.4 Å². The number of carbonyl (C=O) groups is 2. The first kappa shape index (κ1) is 17.5. The average Bonchev–Trinajstić information content (AvgIpc) is 2.62. The number of benzene rings is 1. The van der Waals surface area contributed by atoms with Gasteiger partial charge in [-0.2, -0.15) is 5.26 Å². The zero-order chi connectivity index (χ0) is 17.5. The van der Waals surface area contributed by atoms with Gasteiger partial charge in [0.2, 0.25) is 5.91 Å². The number of carbonyl (C=O) groups excluding carboxylic acids is 2. The summed E-state index contributed by atoms with van der Waals surface area (Å²) in [6, 6.07) is 8.66. The number of rotatable bonds is 5. The second-order valence-electron chi connectivity index (χ2n) is 5.96. The van der Waals surface area contributed by atoms with Crippen molar-refractivity contribution in [2.45, 2.75) is 38.1 Å². The van der Waals surface area contributed by atoms with Crippen LogP contribution in [0.4, 0.5) is 5.69 Å². The van der Waals surface area contributed by atoms with Gasteiger partial charge < -0.3 is 16.0 Å². The maximum absolute atomic E-state index is 12.5. The molecule has 0 spiro atoms. The zero-order valence-corrected chi connectivity index (χ0v) is 13.8. The third kappa shape index (κ3) is 4.35. The molecule has 0 radical (unpaired) electrons. The molecule has 126 valence electrons. The minimum atomic E-state index is -0.501. The van der Waals surface area contributed by atoms with Crippen LogP contribution in [0.2, 0.25) is 0 Å². The van der Waals surface area contributed by atoms with Crippen LogP contribution in [-0.2, 0) is 4.79 Å². The molecule has 1 saturated carbocycles. The Morgan fingerprint density at radius 1 is 1.25 bits per heavy atom. The largest absolute Gasteiger partial charge is 0.366 e. The van der Waals surface area contributed by atoms with E-state index in [1.54, 1.807) is 36.2 Å². The SMILES string of the molecule is CN(C(=O)/C(C#N)=C\Nc1ccc(C(N)=O)cc1)C1CCCCC1. The second-order valence-corrected chi connectivity index (χ2v) is 5.96. The summed E-state index contributed by atoms with van der Waals surface area (Å²) >= 11 is 0.